The van der Waals surface area contributed by atoms with E-state index in [2.05, 4.69) is 9.78 Å². The zero-order chi connectivity index (χ0) is 9.23. The first kappa shape index (κ1) is 11.4. The van der Waals surface area contributed by atoms with Gasteiger partial charge >= 0.3 is 5.97 Å². The summed E-state index contributed by atoms with van der Waals surface area (Å²) in [6.07, 6.45) is 1.91. The van der Waals surface area contributed by atoms with Crippen LogP contribution in [-0.2, 0) is 19.3 Å². The number of carbonyl (C=O) groups is 1. The summed E-state index contributed by atoms with van der Waals surface area (Å²) in [5, 5.41) is 0. The van der Waals surface area contributed by atoms with Gasteiger partial charge in [-0.1, -0.05) is 13.3 Å². The molecule has 0 N–H and O–H groups in total. The van der Waals surface area contributed by atoms with E-state index in [4.69, 9.17) is 4.74 Å². The van der Waals surface area contributed by atoms with Crippen molar-refractivity contribution in [3.8, 4) is 0 Å². The van der Waals surface area contributed by atoms with Gasteiger partial charge in [-0.15, -0.1) is 0 Å². The van der Waals surface area contributed by atoms with Crippen LogP contribution >= 0.6 is 0 Å². The van der Waals surface area contributed by atoms with E-state index in [1.807, 2.05) is 13.8 Å². The van der Waals surface area contributed by atoms with Crippen molar-refractivity contribution in [2.24, 2.45) is 0 Å². The summed E-state index contributed by atoms with van der Waals surface area (Å²) >= 11 is 0. The first-order valence-electron chi connectivity index (χ1n) is 4.21. The summed E-state index contributed by atoms with van der Waals surface area (Å²) < 4.78 is 4.80. The van der Waals surface area contributed by atoms with Gasteiger partial charge in [0.2, 0.25) is 0 Å². The van der Waals surface area contributed by atoms with Gasteiger partial charge in [-0.2, -0.15) is 4.89 Å². The summed E-state index contributed by atoms with van der Waals surface area (Å²) in [6.45, 7) is 4.76. The van der Waals surface area contributed by atoms with Gasteiger partial charge < -0.3 is 4.74 Å². The Morgan fingerprint density at radius 3 is 2.67 bits per heavy atom. The van der Waals surface area contributed by atoms with Crippen LogP contribution in [0, 0.1) is 0 Å². The number of hydrogen-bond acceptors (Lipinski definition) is 4. The molecule has 0 unspecified atom stereocenters. The Morgan fingerprint density at radius 2 is 2.08 bits per heavy atom. The first-order chi connectivity index (χ1) is 5.81. The molecule has 0 aromatic heterocycles. The summed E-state index contributed by atoms with van der Waals surface area (Å²) in [6, 6.07) is 0. The van der Waals surface area contributed by atoms with Gasteiger partial charge in [0.25, 0.3) is 0 Å². The van der Waals surface area contributed by atoms with Crippen LogP contribution in [0.4, 0.5) is 0 Å². The lowest BCUT2D eigenvalue weighted by Crippen LogP contribution is -2.13. The highest BCUT2D eigenvalue weighted by atomic mass is 17.2. The molecule has 72 valence electrons. The standard InChI is InChI=1S/C8H16O4/c1-3-5-6-11-12-8(9)7-10-4-2/h3-7H2,1-2H3. The molecule has 0 saturated carbocycles. The molecule has 0 saturated heterocycles. The van der Waals surface area contributed by atoms with Crippen molar-refractivity contribution >= 4 is 5.97 Å². The molecule has 0 rings (SSSR count). The number of hydrogen-bond donors (Lipinski definition) is 0. The minimum Gasteiger partial charge on any atom is -0.370 e. The van der Waals surface area contributed by atoms with Crippen LogP contribution in [0.15, 0.2) is 0 Å². The van der Waals surface area contributed by atoms with Gasteiger partial charge in [0, 0.05) is 6.61 Å². The Hall–Kier alpha value is -0.610. The van der Waals surface area contributed by atoms with E-state index in [-0.39, 0.29) is 6.61 Å². The Bertz CT molecular complexity index is 114. The van der Waals surface area contributed by atoms with E-state index >= 15 is 0 Å². The molecule has 12 heavy (non-hydrogen) atoms. The van der Waals surface area contributed by atoms with Crippen molar-refractivity contribution in [3.05, 3.63) is 0 Å². The number of ether oxygens (including phenoxy) is 1. The monoisotopic (exact) mass is 176 g/mol. The zero-order valence-corrected chi connectivity index (χ0v) is 7.67. The average molecular weight is 176 g/mol. The predicted molar refractivity (Wildman–Crippen MR) is 43.4 cm³/mol. The smallest absolute Gasteiger partial charge is 0.367 e. The fourth-order valence-corrected chi connectivity index (χ4v) is 0.520. The molecule has 0 aliphatic heterocycles. The van der Waals surface area contributed by atoms with Crippen molar-refractivity contribution in [2.45, 2.75) is 26.7 Å². The Labute approximate surface area is 72.7 Å². The molecule has 0 atom stereocenters. The van der Waals surface area contributed by atoms with E-state index < -0.39 is 5.97 Å². The normalized spacial score (nSPS) is 9.83. The maximum Gasteiger partial charge on any atom is 0.367 e. The third-order valence-electron chi connectivity index (χ3n) is 1.16. The minimum atomic E-state index is -0.479. The van der Waals surface area contributed by atoms with E-state index in [0.29, 0.717) is 13.2 Å². The molecule has 4 heteroatoms. The molecule has 0 aromatic carbocycles. The van der Waals surface area contributed by atoms with E-state index in [9.17, 15) is 4.79 Å². The van der Waals surface area contributed by atoms with Crippen LogP contribution in [0.1, 0.15) is 26.7 Å². The number of unbranched alkanes of at least 4 members (excludes halogenated alkanes) is 1. The highest BCUT2D eigenvalue weighted by molar-refractivity contribution is 5.69. The molecular formula is C8H16O4. The topological polar surface area (TPSA) is 44.8 Å². The molecule has 4 nitrogen and oxygen atoms in total. The molecule has 0 heterocycles. The second-order valence-corrected chi connectivity index (χ2v) is 2.27. The quantitative estimate of drug-likeness (QED) is 0.333. The zero-order valence-electron chi connectivity index (χ0n) is 7.67. The molecule has 0 bridgehead atoms. The second kappa shape index (κ2) is 8.49. The van der Waals surface area contributed by atoms with Crippen molar-refractivity contribution in [1.29, 1.82) is 0 Å². The summed E-state index contributed by atoms with van der Waals surface area (Å²) in [5.41, 5.74) is 0. The fraction of sp³-hybridized carbons (Fsp3) is 0.875. The van der Waals surface area contributed by atoms with Crippen LogP contribution in [0.5, 0.6) is 0 Å². The highest BCUT2D eigenvalue weighted by Crippen LogP contribution is 1.89. The Morgan fingerprint density at radius 1 is 1.33 bits per heavy atom. The van der Waals surface area contributed by atoms with Crippen LogP contribution in [-0.4, -0.2) is 25.8 Å². The van der Waals surface area contributed by atoms with Gasteiger partial charge in [0.05, 0.1) is 6.61 Å². The lowest BCUT2D eigenvalue weighted by molar-refractivity contribution is -0.275. The van der Waals surface area contributed by atoms with Gasteiger partial charge in [0.1, 0.15) is 6.61 Å². The molecule has 0 radical (unpaired) electrons. The Kier molecular flexibility index (Phi) is 8.05. The Balaban J connectivity index is 3.08. The van der Waals surface area contributed by atoms with E-state index in [1.54, 1.807) is 0 Å². The minimum absolute atomic E-state index is 0.0391. The average Bonchev–Trinajstić information content (AvgIpc) is 2.09. The van der Waals surface area contributed by atoms with Crippen LogP contribution in [0.2, 0.25) is 0 Å². The lowest BCUT2D eigenvalue weighted by atomic mass is 10.4. The van der Waals surface area contributed by atoms with Gasteiger partial charge in [-0.3, -0.25) is 4.89 Å². The first-order valence-corrected chi connectivity index (χ1v) is 4.21. The van der Waals surface area contributed by atoms with Crippen molar-refractivity contribution < 1.29 is 19.3 Å². The van der Waals surface area contributed by atoms with Crippen LogP contribution in [0.3, 0.4) is 0 Å². The molecule has 0 spiro atoms. The summed E-state index contributed by atoms with van der Waals surface area (Å²) in [4.78, 5) is 19.7. The molecule has 0 fully saturated rings. The van der Waals surface area contributed by atoms with Crippen LogP contribution in [0.25, 0.3) is 0 Å². The third kappa shape index (κ3) is 7.50. The van der Waals surface area contributed by atoms with E-state index in [1.165, 1.54) is 0 Å². The van der Waals surface area contributed by atoms with Gasteiger partial charge in [-0.05, 0) is 13.3 Å². The van der Waals surface area contributed by atoms with Gasteiger partial charge in [-0.25, -0.2) is 4.79 Å². The molecular weight excluding hydrogens is 160 g/mol. The van der Waals surface area contributed by atoms with E-state index in [0.717, 1.165) is 12.8 Å². The molecule has 0 aliphatic carbocycles. The van der Waals surface area contributed by atoms with Crippen LogP contribution < -0.4 is 0 Å². The summed E-state index contributed by atoms with van der Waals surface area (Å²) in [7, 11) is 0. The van der Waals surface area contributed by atoms with Crippen molar-refractivity contribution in [3.63, 3.8) is 0 Å². The molecule has 0 aromatic rings. The SMILES string of the molecule is CCCCOOC(=O)COCC. The summed E-state index contributed by atoms with van der Waals surface area (Å²) in [5.74, 6) is -0.479. The number of rotatable bonds is 7. The molecule has 0 aliphatic rings. The third-order valence-corrected chi connectivity index (χ3v) is 1.16. The predicted octanol–water partition coefficient (Wildman–Crippen LogP) is 1.30. The maximum absolute atomic E-state index is 10.7. The van der Waals surface area contributed by atoms with Crippen molar-refractivity contribution in [1.82, 2.24) is 0 Å². The largest absolute Gasteiger partial charge is 0.370 e. The molecule has 0 amide bonds. The van der Waals surface area contributed by atoms with Crippen molar-refractivity contribution in [2.75, 3.05) is 19.8 Å². The number of carbonyl (C=O) groups excluding carboxylic acids is 1. The maximum atomic E-state index is 10.7. The fourth-order valence-electron chi connectivity index (χ4n) is 0.520. The highest BCUT2D eigenvalue weighted by Gasteiger charge is 2.02. The second-order valence-electron chi connectivity index (χ2n) is 2.27. The lowest BCUT2D eigenvalue weighted by Gasteiger charge is -2.02. The van der Waals surface area contributed by atoms with Gasteiger partial charge in [0.15, 0.2) is 0 Å².